The Labute approximate surface area is 107 Å². The van der Waals surface area contributed by atoms with E-state index in [1.54, 1.807) is 42.2 Å². The van der Waals surface area contributed by atoms with Gasteiger partial charge in [-0.3, -0.25) is 9.48 Å². The van der Waals surface area contributed by atoms with Gasteiger partial charge in [-0.2, -0.15) is 5.10 Å². The molecule has 0 radical (unpaired) electrons. The summed E-state index contributed by atoms with van der Waals surface area (Å²) in [6, 6.07) is 6.62. The SMILES string of the molecule is Cn1cc(NC(=O)c2nn(F)c3ccccc23)cn1. The number of amides is 1. The first-order chi connectivity index (χ1) is 9.15. The second-order valence-corrected chi connectivity index (χ2v) is 4.08. The Morgan fingerprint density at radius 1 is 1.37 bits per heavy atom. The lowest BCUT2D eigenvalue weighted by molar-refractivity contribution is 0.102. The number of aromatic nitrogens is 4. The van der Waals surface area contributed by atoms with Crippen molar-refractivity contribution < 1.29 is 9.28 Å². The molecule has 3 rings (SSSR count). The molecule has 2 aromatic heterocycles. The highest BCUT2D eigenvalue weighted by Gasteiger charge is 2.17. The molecule has 2 heterocycles. The van der Waals surface area contributed by atoms with Crippen molar-refractivity contribution >= 4 is 22.5 Å². The molecule has 19 heavy (non-hydrogen) atoms. The predicted molar refractivity (Wildman–Crippen MR) is 67.4 cm³/mol. The summed E-state index contributed by atoms with van der Waals surface area (Å²) in [5.74, 6) is -0.472. The summed E-state index contributed by atoms with van der Waals surface area (Å²) in [4.78, 5) is 12.3. The minimum Gasteiger partial charge on any atom is -0.318 e. The van der Waals surface area contributed by atoms with Crippen LogP contribution in [0.15, 0.2) is 36.7 Å². The molecule has 0 aliphatic heterocycles. The fourth-order valence-electron chi connectivity index (χ4n) is 1.87. The largest absolute Gasteiger partial charge is 0.318 e. The van der Waals surface area contributed by atoms with Gasteiger partial charge in [-0.05, 0) is 6.07 Å². The van der Waals surface area contributed by atoms with E-state index in [0.717, 1.165) is 0 Å². The van der Waals surface area contributed by atoms with Crippen LogP contribution in [0.25, 0.3) is 10.9 Å². The van der Waals surface area contributed by atoms with Crippen molar-refractivity contribution in [1.29, 1.82) is 0 Å². The number of para-hydroxylation sites is 1. The molecule has 1 amide bonds. The third kappa shape index (κ3) is 1.95. The number of halogens is 1. The lowest BCUT2D eigenvalue weighted by atomic mass is 10.2. The molecule has 0 aliphatic rings. The summed E-state index contributed by atoms with van der Waals surface area (Å²) in [7, 11) is 1.74. The summed E-state index contributed by atoms with van der Waals surface area (Å²) in [5, 5.41) is 10.6. The zero-order valence-corrected chi connectivity index (χ0v) is 10.0. The third-order valence-corrected chi connectivity index (χ3v) is 2.72. The molecule has 0 unspecified atom stereocenters. The summed E-state index contributed by atoms with van der Waals surface area (Å²) < 4.78 is 15.1. The van der Waals surface area contributed by atoms with Gasteiger partial charge in [0, 0.05) is 18.6 Å². The Morgan fingerprint density at radius 3 is 2.89 bits per heavy atom. The fraction of sp³-hybridized carbons (Fsp3) is 0.0833. The normalized spacial score (nSPS) is 10.8. The molecule has 3 aromatic rings. The first-order valence-electron chi connectivity index (χ1n) is 5.59. The van der Waals surface area contributed by atoms with E-state index in [-0.39, 0.29) is 16.1 Å². The summed E-state index contributed by atoms with van der Waals surface area (Å²) in [6.45, 7) is 0. The van der Waals surface area contributed by atoms with Gasteiger partial charge >= 0.3 is 0 Å². The van der Waals surface area contributed by atoms with Crippen molar-refractivity contribution in [3.05, 3.63) is 42.4 Å². The van der Waals surface area contributed by atoms with E-state index in [2.05, 4.69) is 15.5 Å². The monoisotopic (exact) mass is 259 g/mol. The summed E-state index contributed by atoms with van der Waals surface area (Å²) in [5.41, 5.74) is 0.839. The maximum atomic E-state index is 13.5. The van der Waals surface area contributed by atoms with E-state index >= 15 is 0 Å². The van der Waals surface area contributed by atoms with Crippen molar-refractivity contribution in [3.63, 3.8) is 0 Å². The number of aryl methyl sites for hydroxylation is 1. The quantitative estimate of drug-likeness (QED) is 0.762. The van der Waals surface area contributed by atoms with E-state index in [1.165, 1.54) is 6.20 Å². The van der Waals surface area contributed by atoms with Crippen LogP contribution in [0.1, 0.15) is 10.5 Å². The van der Waals surface area contributed by atoms with Crippen molar-refractivity contribution in [2.24, 2.45) is 7.05 Å². The number of rotatable bonds is 2. The Bertz CT molecular complexity index is 760. The number of hydrogen-bond acceptors (Lipinski definition) is 3. The number of benzene rings is 1. The molecule has 0 spiro atoms. The van der Waals surface area contributed by atoms with Gasteiger partial charge in [0.25, 0.3) is 5.91 Å². The van der Waals surface area contributed by atoms with Crippen LogP contribution >= 0.6 is 0 Å². The second-order valence-electron chi connectivity index (χ2n) is 4.08. The van der Waals surface area contributed by atoms with E-state index in [4.69, 9.17) is 0 Å². The minimum absolute atomic E-state index is 0.0435. The van der Waals surface area contributed by atoms with Gasteiger partial charge in [0.15, 0.2) is 5.69 Å². The molecule has 0 fully saturated rings. The molecule has 0 bridgehead atoms. The van der Waals surface area contributed by atoms with Gasteiger partial charge < -0.3 is 5.32 Å². The smallest absolute Gasteiger partial charge is 0.276 e. The van der Waals surface area contributed by atoms with Crippen LogP contribution < -0.4 is 5.32 Å². The van der Waals surface area contributed by atoms with Crippen molar-refractivity contribution in [3.8, 4) is 0 Å². The lowest BCUT2D eigenvalue weighted by Gasteiger charge is -1.98. The number of hydrogen-bond donors (Lipinski definition) is 1. The van der Waals surface area contributed by atoms with Crippen LogP contribution in [0.2, 0.25) is 0 Å². The molecule has 0 atom stereocenters. The van der Waals surface area contributed by atoms with Crippen LogP contribution in [-0.2, 0) is 7.05 Å². The Kier molecular flexibility index (Phi) is 2.52. The molecular formula is C12H10FN5O. The van der Waals surface area contributed by atoms with E-state index in [1.807, 2.05) is 0 Å². The Balaban J connectivity index is 1.98. The number of anilines is 1. The molecular weight excluding hydrogens is 249 g/mol. The molecule has 0 aliphatic carbocycles. The van der Waals surface area contributed by atoms with Gasteiger partial charge in [0.1, 0.15) is 5.52 Å². The standard InChI is InChI=1S/C12H10FN5O/c1-17-7-8(6-14-17)15-12(19)11-9-4-2-3-5-10(9)18(13)16-11/h2-7H,1H3,(H,15,19). The predicted octanol–water partition coefficient (Wildman–Crippen LogP) is 1.75. The van der Waals surface area contributed by atoms with Crippen LogP contribution in [0, 0.1) is 0 Å². The number of carbonyl (C=O) groups excluding carboxylic acids is 1. The van der Waals surface area contributed by atoms with Crippen molar-refractivity contribution in [2.45, 2.75) is 0 Å². The number of nitrogens with zero attached hydrogens (tertiary/aromatic N) is 4. The zero-order valence-electron chi connectivity index (χ0n) is 10.0. The average molecular weight is 259 g/mol. The first kappa shape index (κ1) is 11.4. The highest BCUT2D eigenvalue weighted by atomic mass is 19.2. The van der Waals surface area contributed by atoms with Crippen LogP contribution in [0.3, 0.4) is 0 Å². The van der Waals surface area contributed by atoms with Gasteiger partial charge in [-0.1, -0.05) is 27.6 Å². The molecule has 1 N–H and O–H groups in total. The van der Waals surface area contributed by atoms with Gasteiger partial charge in [-0.15, -0.1) is 5.10 Å². The molecule has 1 aromatic carbocycles. The molecule has 96 valence electrons. The van der Waals surface area contributed by atoms with Crippen LogP contribution in [0.5, 0.6) is 0 Å². The van der Waals surface area contributed by atoms with Crippen LogP contribution in [0.4, 0.5) is 10.2 Å². The zero-order chi connectivity index (χ0) is 13.4. The van der Waals surface area contributed by atoms with E-state index in [9.17, 15) is 9.28 Å². The molecule has 0 saturated heterocycles. The van der Waals surface area contributed by atoms with Gasteiger partial charge in [0.2, 0.25) is 0 Å². The highest BCUT2D eigenvalue weighted by Crippen LogP contribution is 2.19. The topological polar surface area (TPSA) is 64.7 Å². The van der Waals surface area contributed by atoms with Crippen LogP contribution in [-0.4, -0.2) is 25.7 Å². The first-order valence-corrected chi connectivity index (χ1v) is 5.59. The summed E-state index contributed by atoms with van der Waals surface area (Å²) >= 11 is 0. The highest BCUT2D eigenvalue weighted by molar-refractivity contribution is 6.11. The third-order valence-electron chi connectivity index (χ3n) is 2.72. The van der Waals surface area contributed by atoms with Gasteiger partial charge in [-0.25, -0.2) is 0 Å². The Morgan fingerprint density at radius 2 is 2.16 bits per heavy atom. The Hall–Kier alpha value is -2.70. The minimum atomic E-state index is -0.472. The lowest BCUT2D eigenvalue weighted by Crippen LogP contribution is -2.12. The van der Waals surface area contributed by atoms with E-state index in [0.29, 0.717) is 11.1 Å². The fourth-order valence-corrected chi connectivity index (χ4v) is 1.87. The van der Waals surface area contributed by atoms with E-state index < -0.39 is 5.91 Å². The molecule has 6 nitrogen and oxygen atoms in total. The molecule has 7 heteroatoms. The maximum Gasteiger partial charge on any atom is 0.276 e. The molecule has 0 saturated carbocycles. The number of fused-ring (bicyclic) bond motifs is 1. The number of nitrogens with one attached hydrogen (secondary N) is 1. The second kappa shape index (κ2) is 4.20. The van der Waals surface area contributed by atoms with Crippen molar-refractivity contribution in [2.75, 3.05) is 5.32 Å². The van der Waals surface area contributed by atoms with Crippen molar-refractivity contribution in [1.82, 2.24) is 19.8 Å². The maximum absolute atomic E-state index is 13.5. The summed E-state index contributed by atoms with van der Waals surface area (Å²) in [6.07, 6.45) is 3.15. The average Bonchev–Trinajstić information content (AvgIpc) is 2.95. The van der Waals surface area contributed by atoms with Gasteiger partial charge in [0.05, 0.1) is 11.9 Å². The number of carbonyl (C=O) groups is 1.